The van der Waals surface area contributed by atoms with E-state index in [1.54, 1.807) is 0 Å². The fourth-order valence-corrected chi connectivity index (χ4v) is 15.6. The Hall–Kier alpha value is -1.18. The largest absolute Gasteiger partial charge is 0.396 e. The molecule has 6 aliphatic heterocycles. The van der Waals surface area contributed by atoms with E-state index < -0.39 is 154 Å². The van der Waals surface area contributed by atoms with Crippen LogP contribution in [0.1, 0.15) is 86.0 Å². The zero-order chi connectivity index (χ0) is 53.1. The second kappa shape index (κ2) is 21.4. The molecule has 74 heavy (non-hydrogen) atoms. The van der Waals surface area contributed by atoms with Gasteiger partial charge in [-0.3, -0.25) is 0 Å². The van der Waals surface area contributed by atoms with Crippen molar-refractivity contribution in [3.8, 4) is 0 Å². The Bertz CT molecular complexity index is 1970. The molecule has 9 fully saturated rings. The number of fused-ring (bicyclic) bond motifs is 7. The summed E-state index contributed by atoms with van der Waals surface area (Å²) < 4.78 is 62.7. The molecule has 0 radical (unpaired) electrons. The molecule has 0 amide bonds. The third-order valence-corrected chi connectivity index (χ3v) is 19.9. The minimum atomic E-state index is -1.76. The lowest BCUT2D eigenvalue weighted by atomic mass is 9.47. The molecule has 13 N–H and O–H groups in total. The van der Waals surface area contributed by atoms with Crippen molar-refractivity contribution in [3.63, 3.8) is 0 Å². The molecule has 0 bridgehead atoms. The fraction of sp³-hybridized carbons (Fsp3) is 0.961. The highest BCUT2D eigenvalue weighted by Gasteiger charge is 2.71. The van der Waals surface area contributed by atoms with Gasteiger partial charge in [0.2, 0.25) is 0 Å². The lowest BCUT2D eigenvalue weighted by Crippen LogP contribution is -2.66. The molecule has 424 valence electrons. The fourth-order valence-electron chi connectivity index (χ4n) is 15.6. The molecule has 0 aromatic carbocycles. The summed E-state index contributed by atoms with van der Waals surface area (Å²) in [4.78, 5) is 0. The van der Waals surface area contributed by atoms with Gasteiger partial charge in [-0.15, -0.1) is 0 Å². The Morgan fingerprint density at radius 3 is 1.80 bits per heavy atom. The number of allylic oxidation sites excluding steroid dienone is 1. The van der Waals surface area contributed by atoms with Crippen LogP contribution in [-0.2, 0) is 47.4 Å². The summed E-state index contributed by atoms with van der Waals surface area (Å²) in [5.41, 5.74) is 0.930. The van der Waals surface area contributed by atoms with Crippen LogP contribution < -0.4 is 0 Å². The van der Waals surface area contributed by atoms with E-state index in [0.29, 0.717) is 37.0 Å². The molecule has 0 aromatic heterocycles. The monoisotopic (exact) mass is 1060 g/mol. The van der Waals surface area contributed by atoms with Crippen LogP contribution in [0.3, 0.4) is 0 Å². The van der Waals surface area contributed by atoms with Crippen LogP contribution in [0.2, 0.25) is 0 Å². The van der Waals surface area contributed by atoms with Crippen LogP contribution in [0.4, 0.5) is 0 Å². The van der Waals surface area contributed by atoms with Gasteiger partial charge in [-0.1, -0.05) is 32.4 Å². The number of hydrogen-bond acceptors (Lipinski definition) is 23. The zero-order valence-corrected chi connectivity index (χ0v) is 42.7. The maximum absolute atomic E-state index is 12.1. The Morgan fingerprint density at radius 1 is 0.581 bits per heavy atom. The lowest BCUT2D eigenvalue weighted by Gasteiger charge is -2.59. The van der Waals surface area contributed by atoms with Gasteiger partial charge in [-0.05, 0) is 99.7 Å². The first-order chi connectivity index (χ1) is 35.1. The standard InChI is InChI=1S/C51H82O23/c1-19-32-28(74-51(19)31(12-22(15-52)18-65-51)71-47-41(63)38(60)35(57)29(16-53)69-47)14-27-25-7-6-23-13-24(8-10-49(23,4)26(25)9-11-50(27,32)5)68-48-44(73-46-40(62)37(59)34(56)21(3)67-46)42(64)43(30(17-54)70-48)72-45-39(61)36(58)33(55)20(2)66-45/h6,19-22,24-48,52-64H,7-18H2,1-5H3/t19-,20-,21-,22-,24-,25+,26-,27-,28-,29+,30+,31-,32-,33-,34-,35+,36+,37+,38-,39+,40+,41+,42-,43+,44+,45-,46-,47-,48+,49-,50-,51-/m0/s1. The van der Waals surface area contributed by atoms with E-state index in [4.69, 9.17) is 47.4 Å². The normalized spacial score (nSPS) is 57.5. The minimum absolute atomic E-state index is 0.0797. The summed E-state index contributed by atoms with van der Waals surface area (Å²) >= 11 is 0. The summed E-state index contributed by atoms with van der Waals surface area (Å²) in [7, 11) is 0. The minimum Gasteiger partial charge on any atom is -0.396 e. The first-order valence-electron chi connectivity index (χ1n) is 27.0. The molecule has 6 heterocycles. The van der Waals surface area contributed by atoms with Crippen LogP contribution >= 0.6 is 0 Å². The molecule has 10 rings (SSSR count). The van der Waals surface area contributed by atoms with E-state index in [1.807, 2.05) is 0 Å². The lowest BCUT2D eigenvalue weighted by molar-refractivity contribution is -0.388. The summed E-state index contributed by atoms with van der Waals surface area (Å²) in [6, 6.07) is 0. The Morgan fingerprint density at radius 2 is 1.18 bits per heavy atom. The van der Waals surface area contributed by atoms with Crippen LogP contribution in [0.15, 0.2) is 11.6 Å². The molecule has 1 spiro atoms. The average molecular weight is 1060 g/mol. The number of rotatable bonds is 11. The van der Waals surface area contributed by atoms with Gasteiger partial charge in [-0.2, -0.15) is 0 Å². The van der Waals surface area contributed by atoms with Gasteiger partial charge in [0.1, 0.15) is 91.6 Å². The number of ether oxygens (including phenoxy) is 10. The van der Waals surface area contributed by atoms with Crippen molar-refractivity contribution in [3.05, 3.63) is 11.6 Å². The van der Waals surface area contributed by atoms with Crippen molar-refractivity contribution in [1.82, 2.24) is 0 Å². The van der Waals surface area contributed by atoms with Crippen LogP contribution in [0.5, 0.6) is 0 Å². The van der Waals surface area contributed by atoms with Crippen LogP contribution in [0, 0.1) is 46.3 Å². The van der Waals surface area contributed by atoms with E-state index in [2.05, 4.69) is 26.8 Å². The molecule has 0 aromatic rings. The van der Waals surface area contributed by atoms with Crippen molar-refractivity contribution in [2.24, 2.45) is 46.3 Å². The van der Waals surface area contributed by atoms with Gasteiger partial charge < -0.3 is 114 Å². The van der Waals surface area contributed by atoms with Gasteiger partial charge in [0.15, 0.2) is 30.9 Å². The van der Waals surface area contributed by atoms with Crippen molar-refractivity contribution >= 4 is 0 Å². The highest BCUT2D eigenvalue weighted by Crippen LogP contribution is 2.71. The van der Waals surface area contributed by atoms with E-state index in [0.717, 1.165) is 32.1 Å². The van der Waals surface area contributed by atoms with E-state index >= 15 is 0 Å². The second-order valence-electron chi connectivity index (χ2n) is 23.9. The number of aliphatic hydroxyl groups excluding tert-OH is 13. The number of hydrogen-bond donors (Lipinski definition) is 13. The summed E-state index contributed by atoms with van der Waals surface area (Å²) in [5.74, 6) is -0.627. The van der Waals surface area contributed by atoms with Crippen molar-refractivity contribution < 1.29 is 114 Å². The van der Waals surface area contributed by atoms with Crippen LogP contribution in [-0.4, -0.2) is 240 Å². The molecule has 10 aliphatic rings. The van der Waals surface area contributed by atoms with E-state index in [1.165, 1.54) is 19.4 Å². The predicted octanol–water partition coefficient (Wildman–Crippen LogP) is -2.99. The Balaban J connectivity index is 0.844. The molecule has 3 saturated carbocycles. The SMILES string of the molecule is C[C@@H]1O[C@@H](O[C@H]2[C@H](O[C@H]3CC[C@@]4(C)C(=CC[C@H]5[C@@H]6C[C@@H]7O[C@@]8(OC[C@H](CO)C[C@@H]8O[C@@H]8O[C@H](CO)[C@@H](O)[C@H](O)[C@H]8O)[C@@H](C)[C@@H]7[C@@]6(C)CC[C@@H]54)C3)O[C@H](CO)[C@@H](O[C@@H]3O[C@@H](C)[C@H](O)[C@@H](O)[C@H]3O)[C@@H]2O)[C@H](O)[C@H](O)[C@H]1O. The first kappa shape index (κ1) is 56.1. The average Bonchev–Trinajstić information content (AvgIpc) is 3.88. The van der Waals surface area contributed by atoms with Crippen molar-refractivity contribution in [1.29, 1.82) is 0 Å². The maximum Gasteiger partial charge on any atom is 0.198 e. The highest BCUT2D eigenvalue weighted by atomic mass is 16.8. The third-order valence-electron chi connectivity index (χ3n) is 19.9. The zero-order valence-electron chi connectivity index (χ0n) is 42.7. The Labute approximate surface area is 430 Å². The van der Waals surface area contributed by atoms with Gasteiger partial charge in [0.25, 0.3) is 0 Å². The molecular weight excluding hydrogens is 981 g/mol. The smallest absolute Gasteiger partial charge is 0.198 e. The molecule has 32 atom stereocenters. The number of aliphatic hydroxyl groups is 13. The summed E-state index contributed by atoms with van der Waals surface area (Å²) in [5, 5.41) is 139. The second-order valence-corrected chi connectivity index (χ2v) is 23.9. The predicted molar refractivity (Wildman–Crippen MR) is 248 cm³/mol. The summed E-state index contributed by atoms with van der Waals surface area (Å²) in [6.07, 6.45) is -22.9. The summed E-state index contributed by atoms with van der Waals surface area (Å²) in [6.45, 7) is 8.56. The van der Waals surface area contributed by atoms with Gasteiger partial charge in [0.05, 0.1) is 44.2 Å². The van der Waals surface area contributed by atoms with Crippen molar-refractivity contribution in [2.45, 2.75) is 233 Å². The van der Waals surface area contributed by atoms with E-state index in [9.17, 15) is 66.4 Å². The molecule has 6 saturated heterocycles. The maximum atomic E-state index is 12.1. The Kier molecular flexibility index (Phi) is 16.2. The molecule has 4 aliphatic carbocycles. The van der Waals surface area contributed by atoms with Crippen LogP contribution in [0.25, 0.3) is 0 Å². The molecule has 0 unspecified atom stereocenters. The van der Waals surface area contributed by atoms with E-state index in [-0.39, 0.29) is 47.9 Å². The molecular formula is C51H82O23. The van der Waals surface area contributed by atoms with Crippen molar-refractivity contribution in [2.75, 3.05) is 26.4 Å². The molecule has 23 heteroatoms. The first-order valence-corrected chi connectivity index (χ1v) is 27.0. The van der Waals surface area contributed by atoms with Gasteiger partial charge in [-0.25, -0.2) is 0 Å². The molecule has 23 nitrogen and oxygen atoms in total. The van der Waals surface area contributed by atoms with Gasteiger partial charge in [0, 0.05) is 18.4 Å². The highest BCUT2D eigenvalue weighted by molar-refractivity contribution is 5.27. The third kappa shape index (κ3) is 9.29. The van der Waals surface area contributed by atoms with Gasteiger partial charge >= 0.3 is 0 Å². The quantitative estimate of drug-likeness (QED) is 0.0918. The topological polar surface area (TPSA) is 355 Å².